The number of rotatable bonds is 8. The second kappa shape index (κ2) is 10.6. The molecule has 2 amide bonds. The molecule has 1 N–H and O–H groups in total. The second-order valence-corrected chi connectivity index (χ2v) is 9.04. The topological polar surface area (TPSA) is 49.4 Å². The number of hydrogen-bond donors (Lipinski definition) is 1. The fourth-order valence-electron chi connectivity index (χ4n) is 3.67. The van der Waals surface area contributed by atoms with Crippen molar-refractivity contribution in [1.82, 2.24) is 10.2 Å². The summed E-state index contributed by atoms with van der Waals surface area (Å²) in [6, 6.07) is 21.7. The van der Waals surface area contributed by atoms with Crippen LogP contribution < -0.4 is 5.32 Å². The molecule has 1 atom stereocenters. The van der Waals surface area contributed by atoms with Gasteiger partial charge in [-0.1, -0.05) is 70.5 Å². The number of carbonyl (C=O) groups excluding carboxylic acids is 2. The Morgan fingerprint density at radius 3 is 2.32 bits per heavy atom. The lowest BCUT2D eigenvalue weighted by molar-refractivity contribution is -0.140. The van der Waals surface area contributed by atoms with Crippen LogP contribution in [0.15, 0.2) is 71.2 Å². The highest BCUT2D eigenvalue weighted by Crippen LogP contribution is 2.21. The molecule has 5 heteroatoms. The van der Waals surface area contributed by atoms with E-state index in [2.05, 4.69) is 45.5 Å². The number of nitrogens with one attached hydrogen (secondary N) is 1. The lowest BCUT2D eigenvalue weighted by atomic mass is 10.0. The van der Waals surface area contributed by atoms with Gasteiger partial charge in [-0.05, 0) is 61.2 Å². The molecular formula is C26H29BrN2O2. The summed E-state index contributed by atoms with van der Waals surface area (Å²) >= 11 is 3.45. The second-order valence-electron chi connectivity index (χ2n) is 8.13. The Morgan fingerprint density at radius 1 is 0.935 bits per heavy atom. The van der Waals surface area contributed by atoms with Crippen molar-refractivity contribution in [3.8, 4) is 0 Å². The lowest BCUT2D eigenvalue weighted by Crippen LogP contribution is -2.49. The summed E-state index contributed by atoms with van der Waals surface area (Å²) in [6.45, 7) is 6.04. The normalized spacial score (nSPS) is 12.0. The summed E-state index contributed by atoms with van der Waals surface area (Å²) in [5.41, 5.74) is 2.14. The smallest absolute Gasteiger partial charge is 0.242 e. The minimum Gasteiger partial charge on any atom is -0.352 e. The number of hydrogen-bond acceptors (Lipinski definition) is 2. The van der Waals surface area contributed by atoms with Crippen LogP contribution in [0.3, 0.4) is 0 Å². The Labute approximate surface area is 192 Å². The first kappa shape index (κ1) is 23.0. The van der Waals surface area contributed by atoms with Gasteiger partial charge in [0.25, 0.3) is 0 Å². The van der Waals surface area contributed by atoms with E-state index in [-0.39, 0.29) is 17.9 Å². The number of aryl methyl sites for hydroxylation is 1. The minimum absolute atomic E-state index is 0.0234. The maximum absolute atomic E-state index is 13.3. The molecule has 0 aliphatic heterocycles. The Bertz CT molecular complexity index is 1040. The summed E-state index contributed by atoms with van der Waals surface area (Å²) < 4.78 is 0.982. The third-order valence-electron chi connectivity index (χ3n) is 5.35. The van der Waals surface area contributed by atoms with Gasteiger partial charge in [0.05, 0.1) is 0 Å². The molecule has 0 bridgehead atoms. The van der Waals surface area contributed by atoms with E-state index in [1.165, 1.54) is 10.8 Å². The summed E-state index contributed by atoms with van der Waals surface area (Å²) in [7, 11) is 0. The number of carbonyl (C=O) groups is 2. The van der Waals surface area contributed by atoms with Gasteiger partial charge in [0.2, 0.25) is 11.8 Å². The fourth-order valence-corrected chi connectivity index (χ4v) is 3.93. The highest BCUT2D eigenvalue weighted by atomic mass is 79.9. The first-order valence-corrected chi connectivity index (χ1v) is 11.5. The average Bonchev–Trinajstić information content (AvgIpc) is 2.76. The largest absolute Gasteiger partial charge is 0.352 e. The van der Waals surface area contributed by atoms with Crippen molar-refractivity contribution in [2.45, 2.75) is 52.2 Å². The molecule has 0 saturated carbocycles. The van der Waals surface area contributed by atoms with Crippen LogP contribution in [-0.2, 0) is 22.6 Å². The zero-order valence-electron chi connectivity index (χ0n) is 18.3. The number of fused-ring (bicyclic) bond motifs is 1. The van der Waals surface area contributed by atoms with Gasteiger partial charge in [-0.15, -0.1) is 0 Å². The maximum Gasteiger partial charge on any atom is 0.242 e. The summed E-state index contributed by atoms with van der Waals surface area (Å²) in [4.78, 5) is 27.7. The molecule has 162 valence electrons. The van der Waals surface area contributed by atoms with Gasteiger partial charge in [0.15, 0.2) is 0 Å². The average molecular weight is 481 g/mol. The van der Waals surface area contributed by atoms with E-state index in [9.17, 15) is 9.59 Å². The third-order valence-corrected chi connectivity index (χ3v) is 5.88. The molecule has 0 fully saturated rings. The summed E-state index contributed by atoms with van der Waals surface area (Å²) in [5, 5.41) is 5.27. The van der Waals surface area contributed by atoms with Crippen LogP contribution >= 0.6 is 15.9 Å². The van der Waals surface area contributed by atoms with E-state index in [0.29, 0.717) is 19.4 Å². The SMILES string of the molecule is CC(C)NC(=O)C(C)N(Cc1ccc(Br)cc1)C(=O)CCc1cccc2ccccc12. The van der Waals surface area contributed by atoms with Crippen LogP contribution in [0.1, 0.15) is 38.3 Å². The van der Waals surface area contributed by atoms with Gasteiger partial charge in [-0.2, -0.15) is 0 Å². The van der Waals surface area contributed by atoms with E-state index >= 15 is 0 Å². The van der Waals surface area contributed by atoms with E-state index in [0.717, 1.165) is 15.6 Å². The first-order chi connectivity index (χ1) is 14.8. The number of amides is 2. The van der Waals surface area contributed by atoms with Crippen LogP contribution in [0.25, 0.3) is 10.8 Å². The van der Waals surface area contributed by atoms with Gasteiger partial charge in [-0.25, -0.2) is 0 Å². The summed E-state index contributed by atoms with van der Waals surface area (Å²) in [6.07, 6.45) is 0.985. The lowest BCUT2D eigenvalue weighted by Gasteiger charge is -2.29. The molecule has 1 unspecified atom stereocenters. The number of benzene rings is 3. The molecule has 0 heterocycles. The molecule has 31 heavy (non-hydrogen) atoms. The van der Waals surface area contributed by atoms with Crippen LogP contribution in [0.2, 0.25) is 0 Å². The molecular weight excluding hydrogens is 452 g/mol. The zero-order valence-corrected chi connectivity index (χ0v) is 19.9. The molecule has 4 nitrogen and oxygen atoms in total. The van der Waals surface area contributed by atoms with Crippen LogP contribution in [-0.4, -0.2) is 28.8 Å². The molecule has 0 aliphatic carbocycles. The van der Waals surface area contributed by atoms with E-state index in [1.54, 1.807) is 11.8 Å². The van der Waals surface area contributed by atoms with Crippen molar-refractivity contribution in [3.63, 3.8) is 0 Å². The monoisotopic (exact) mass is 480 g/mol. The van der Waals surface area contributed by atoms with Crippen LogP contribution in [0, 0.1) is 0 Å². The molecule has 0 aliphatic rings. The molecule has 0 saturated heterocycles. The van der Waals surface area contributed by atoms with Crippen molar-refractivity contribution in [1.29, 1.82) is 0 Å². The van der Waals surface area contributed by atoms with Crippen molar-refractivity contribution < 1.29 is 9.59 Å². The van der Waals surface area contributed by atoms with Gasteiger partial charge < -0.3 is 10.2 Å². The van der Waals surface area contributed by atoms with Crippen molar-refractivity contribution in [2.75, 3.05) is 0 Å². The van der Waals surface area contributed by atoms with Crippen LogP contribution in [0.4, 0.5) is 0 Å². The highest BCUT2D eigenvalue weighted by molar-refractivity contribution is 9.10. The molecule has 0 radical (unpaired) electrons. The van der Waals surface area contributed by atoms with Crippen molar-refractivity contribution in [3.05, 3.63) is 82.3 Å². The number of nitrogens with zero attached hydrogens (tertiary/aromatic N) is 1. The maximum atomic E-state index is 13.3. The number of halogens is 1. The molecule has 3 rings (SSSR count). The Hall–Kier alpha value is -2.66. The van der Waals surface area contributed by atoms with Crippen molar-refractivity contribution in [2.24, 2.45) is 0 Å². The van der Waals surface area contributed by atoms with Gasteiger partial charge in [0.1, 0.15) is 6.04 Å². The minimum atomic E-state index is -0.550. The fraction of sp³-hybridized carbons (Fsp3) is 0.308. The Balaban J connectivity index is 1.78. The highest BCUT2D eigenvalue weighted by Gasteiger charge is 2.26. The quantitative estimate of drug-likeness (QED) is 0.464. The molecule has 3 aromatic carbocycles. The predicted molar refractivity (Wildman–Crippen MR) is 130 cm³/mol. The van der Waals surface area contributed by atoms with E-state index in [4.69, 9.17) is 0 Å². The first-order valence-electron chi connectivity index (χ1n) is 10.7. The molecule has 0 aromatic heterocycles. The van der Waals surface area contributed by atoms with Gasteiger partial charge in [-0.3, -0.25) is 9.59 Å². The Kier molecular flexibility index (Phi) is 7.85. The predicted octanol–water partition coefficient (Wildman–Crippen LogP) is 5.48. The van der Waals surface area contributed by atoms with Crippen molar-refractivity contribution >= 4 is 38.5 Å². The van der Waals surface area contributed by atoms with E-state index in [1.807, 2.05) is 56.3 Å². The van der Waals surface area contributed by atoms with Gasteiger partial charge in [0, 0.05) is 23.5 Å². The zero-order chi connectivity index (χ0) is 22.4. The van der Waals surface area contributed by atoms with Gasteiger partial charge >= 0.3 is 0 Å². The van der Waals surface area contributed by atoms with Crippen LogP contribution in [0.5, 0.6) is 0 Å². The Morgan fingerprint density at radius 2 is 1.61 bits per heavy atom. The van der Waals surface area contributed by atoms with E-state index < -0.39 is 6.04 Å². The molecule has 0 spiro atoms. The standard InChI is InChI=1S/C26H29BrN2O2/c1-18(2)28-26(31)19(3)29(17-20-11-14-23(27)15-12-20)25(30)16-13-22-9-6-8-21-7-4-5-10-24(21)22/h4-12,14-15,18-19H,13,16-17H2,1-3H3,(H,28,31). The third kappa shape index (κ3) is 6.17. The molecule has 3 aromatic rings. The summed E-state index contributed by atoms with van der Waals surface area (Å²) in [5.74, 6) is -0.159.